The van der Waals surface area contributed by atoms with Gasteiger partial charge in [0.15, 0.2) is 0 Å². The summed E-state index contributed by atoms with van der Waals surface area (Å²) in [4.78, 5) is 0. The zero-order chi connectivity index (χ0) is 22.9. The van der Waals surface area contributed by atoms with E-state index in [1.165, 1.54) is 141 Å². The number of nitrogens with zero attached hydrogens (tertiary/aromatic N) is 1. The summed E-state index contributed by atoms with van der Waals surface area (Å²) >= 11 is 0. The highest BCUT2D eigenvalue weighted by Gasteiger charge is 2.09. The van der Waals surface area contributed by atoms with E-state index in [0.717, 1.165) is 25.9 Å². The van der Waals surface area contributed by atoms with Gasteiger partial charge >= 0.3 is 0 Å². The molecule has 0 atom stereocenters. The van der Waals surface area contributed by atoms with E-state index in [1.807, 2.05) is 7.05 Å². The number of hydroxylamine groups is 3. The number of hydrogen-bond acceptors (Lipinski definition) is 1. The van der Waals surface area contributed by atoms with Crippen LogP contribution in [-0.2, 0) is 0 Å². The van der Waals surface area contributed by atoms with Crippen LogP contribution in [0.1, 0.15) is 168 Å². The van der Waals surface area contributed by atoms with Gasteiger partial charge < -0.3 is 9.85 Å². The Hall–Kier alpha value is -0.0800. The molecule has 2 nitrogen and oxygen atoms in total. The van der Waals surface area contributed by atoms with Gasteiger partial charge in [0.2, 0.25) is 0 Å². The summed E-state index contributed by atoms with van der Waals surface area (Å²) in [7, 11) is 1.90. The lowest BCUT2D eigenvalue weighted by atomic mass is 10.0. The maximum Gasteiger partial charge on any atom is 0.0781 e. The maximum atomic E-state index is 12.6. The van der Waals surface area contributed by atoms with Crippen molar-refractivity contribution in [2.75, 3.05) is 20.1 Å². The van der Waals surface area contributed by atoms with Crippen molar-refractivity contribution < 1.29 is 4.65 Å². The molecule has 0 aliphatic carbocycles. The van der Waals surface area contributed by atoms with E-state index in [0.29, 0.717) is 0 Å². The Labute approximate surface area is 198 Å². The molecule has 0 saturated heterocycles. The largest absolute Gasteiger partial charge is 0.633 e. The van der Waals surface area contributed by atoms with Crippen LogP contribution < -0.4 is 0 Å². The summed E-state index contributed by atoms with van der Waals surface area (Å²) in [6.45, 7) is 6.23. The molecule has 0 fully saturated rings. The summed E-state index contributed by atoms with van der Waals surface area (Å²) in [5, 5.41) is 12.6. The zero-order valence-electron chi connectivity index (χ0n) is 22.2. The third-order valence-corrected chi connectivity index (χ3v) is 6.97. The van der Waals surface area contributed by atoms with E-state index < -0.39 is 0 Å². The van der Waals surface area contributed by atoms with Gasteiger partial charge in [-0.05, 0) is 25.7 Å². The lowest BCUT2D eigenvalue weighted by Crippen LogP contribution is -2.39. The molecule has 0 N–H and O–H groups in total. The predicted molar refractivity (Wildman–Crippen MR) is 141 cm³/mol. The molecular formula is C29H61NO. The average Bonchev–Trinajstić information content (AvgIpc) is 2.75. The van der Waals surface area contributed by atoms with Crippen LogP contribution in [0.4, 0.5) is 0 Å². The van der Waals surface area contributed by atoms with Gasteiger partial charge in [0.25, 0.3) is 0 Å². The molecule has 0 spiro atoms. The summed E-state index contributed by atoms with van der Waals surface area (Å²) in [5.74, 6) is 0. The van der Waals surface area contributed by atoms with E-state index in [-0.39, 0.29) is 4.65 Å². The lowest BCUT2D eigenvalue weighted by Gasteiger charge is -2.39. The monoisotopic (exact) mass is 439 g/mol. The van der Waals surface area contributed by atoms with Gasteiger partial charge in [-0.15, -0.1) is 0 Å². The second-order valence-electron chi connectivity index (χ2n) is 10.5. The standard InChI is InChI=1S/C29H61NO/c1-4-6-8-10-12-14-16-18-20-22-24-26-28-30(3,31)29-27-25-23-21-19-17-15-13-11-9-7-5-2/h4-29H2,1-3H3. The van der Waals surface area contributed by atoms with Gasteiger partial charge in [-0.3, -0.25) is 0 Å². The third-order valence-electron chi connectivity index (χ3n) is 6.97. The first kappa shape index (κ1) is 30.9. The molecule has 0 rings (SSSR count). The number of hydrogen-bond donors (Lipinski definition) is 0. The Kier molecular flexibility index (Phi) is 24.5. The summed E-state index contributed by atoms with van der Waals surface area (Å²) < 4.78 is -0.00444. The Morgan fingerprint density at radius 2 is 0.548 bits per heavy atom. The first-order valence-corrected chi connectivity index (χ1v) is 14.7. The van der Waals surface area contributed by atoms with Crippen molar-refractivity contribution in [1.82, 2.24) is 0 Å². The fraction of sp³-hybridized carbons (Fsp3) is 1.00. The summed E-state index contributed by atoms with van der Waals surface area (Å²) in [6.07, 6.45) is 32.8. The Morgan fingerprint density at radius 3 is 0.774 bits per heavy atom. The van der Waals surface area contributed by atoms with Crippen LogP contribution in [0.25, 0.3) is 0 Å². The molecule has 0 aromatic carbocycles. The van der Waals surface area contributed by atoms with Crippen LogP contribution in [0.2, 0.25) is 0 Å². The quantitative estimate of drug-likeness (QED) is 0.0746. The highest BCUT2D eigenvalue weighted by Crippen LogP contribution is 2.15. The number of rotatable bonds is 26. The van der Waals surface area contributed by atoms with Gasteiger partial charge in [0.05, 0.1) is 20.1 Å². The fourth-order valence-corrected chi connectivity index (χ4v) is 4.69. The van der Waals surface area contributed by atoms with E-state index in [4.69, 9.17) is 0 Å². The van der Waals surface area contributed by atoms with Gasteiger partial charge in [-0.2, -0.15) is 0 Å². The van der Waals surface area contributed by atoms with Gasteiger partial charge in [-0.1, -0.05) is 142 Å². The fourth-order valence-electron chi connectivity index (χ4n) is 4.69. The maximum absolute atomic E-state index is 12.6. The van der Waals surface area contributed by atoms with Gasteiger partial charge in [0, 0.05) is 0 Å². The van der Waals surface area contributed by atoms with Crippen molar-refractivity contribution in [3.8, 4) is 0 Å². The first-order chi connectivity index (χ1) is 15.1. The molecule has 0 bridgehead atoms. The van der Waals surface area contributed by atoms with Crippen LogP contribution >= 0.6 is 0 Å². The molecule has 0 saturated carbocycles. The normalized spacial score (nSPS) is 12.0. The van der Waals surface area contributed by atoms with Crippen molar-refractivity contribution in [3.63, 3.8) is 0 Å². The number of unbranched alkanes of at least 4 members (excludes halogenated alkanes) is 22. The van der Waals surface area contributed by atoms with E-state index in [2.05, 4.69) is 13.8 Å². The lowest BCUT2D eigenvalue weighted by molar-refractivity contribution is -0.861. The second kappa shape index (κ2) is 24.6. The Morgan fingerprint density at radius 1 is 0.355 bits per heavy atom. The minimum Gasteiger partial charge on any atom is -0.633 e. The molecule has 0 unspecified atom stereocenters. The summed E-state index contributed by atoms with van der Waals surface area (Å²) in [5.41, 5.74) is 0. The molecular weight excluding hydrogens is 378 g/mol. The molecule has 0 aromatic heterocycles. The summed E-state index contributed by atoms with van der Waals surface area (Å²) in [6, 6.07) is 0. The van der Waals surface area contributed by atoms with Crippen LogP contribution in [-0.4, -0.2) is 24.8 Å². The van der Waals surface area contributed by atoms with Gasteiger partial charge in [0.1, 0.15) is 0 Å². The van der Waals surface area contributed by atoms with Crippen LogP contribution in [0.3, 0.4) is 0 Å². The molecule has 2 heteroatoms. The van der Waals surface area contributed by atoms with E-state index in [9.17, 15) is 5.21 Å². The molecule has 0 heterocycles. The highest BCUT2D eigenvalue weighted by atomic mass is 16.5. The van der Waals surface area contributed by atoms with Crippen LogP contribution in [0.5, 0.6) is 0 Å². The molecule has 0 radical (unpaired) electrons. The topological polar surface area (TPSA) is 23.1 Å². The molecule has 0 amide bonds. The molecule has 0 aromatic rings. The van der Waals surface area contributed by atoms with Crippen LogP contribution in [0.15, 0.2) is 0 Å². The Balaban J connectivity index is 3.29. The predicted octanol–water partition coefficient (Wildman–Crippen LogP) is 10.3. The first-order valence-electron chi connectivity index (χ1n) is 14.7. The molecule has 188 valence electrons. The van der Waals surface area contributed by atoms with E-state index in [1.54, 1.807) is 0 Å². The minimum atomic E-state index is -0.00444. The zero-order valence-corrected chi connectivity index (χ0v) is 22.2. The second-order valence-corrected chi connectivity index (χ2v) is 10.5. The van der Waals surface area contributed by atoms with Crippen molar-refractivity contribution >= 4 is 0 Å². The SMILES string of the molecule is CCCCCCCCCCCCCC[N+](C)([O-])CCCCCCCCCCCCCC. The Bertz CT molecular complexity index is 299. The van der Waals surface area contributed by atoms with Crippen molar-refractivity contribution in [2.24, 2.45) is 0 Å². The minimum absolute atomic E-state index is 0.00444. The average molecular weight is 440 g/mol. The van der Waals surface area contributed by atoms with Gasteiger partial charge in [-0.25, -0.2) is 0 Å². The third kappa shape index (κ3) is 26.1. The van der Waals surface area contributed by atoms with Crippen molar-refractivity contribution in [1.29, 1.82) is 0 Å². The molecule has 31 heavy (non-hydrogen) atoms. The van der Waals surface area contributed by atoms with Crippen molar-refractivity contribution in [2.45, 2.75) is 168 Å². The van der Waals surface area contributed by atoms with Crippen LogP contribution in [0, 0.1) is 5.21 Å². The highest BCUT2D eigenvalue weighted by molar-refractivity contribution is 4.51. The van der Waals surface area contributed by atoms with E-state index >= 15 is 0 Å². The molecule has 0 aliphatic rings. The molecule has 0 aliphatic heterocycles. The number of quaternary nitrogens is 1. The smallest absolute Gasteiger partial charge is 0.0781 e. The van der Waals surface area contributed by atoms with Crippen molar-refractivity contribution in [3.05, 3.63) is 5.21 Å².